The molecule has 0 aliphatic rings. The van der Waals surface area contributed by atoms with Crippen LogP contribution in [-0.4, -0.2) is 12.5 Å². The van der Waals surface area contributed by atoms with Crippen LogP contribution in [0, 0.1) is 5.41 Å². The van der Waals surface area contributed by atoms with Crippen molar-refractivity contribution in [1.82, 2.24) is 0 Å². The molecule has 3 nitrogen and oxygen atoms in total. The summed E-state index contributed by atoms with van der Waals surface area (Å²) < 4.78 is 10.1. The Morgan fingerprint density at radius 1 is 1.40 bits per heavy atom. The summed E-state index contributed by atoms with van der Waals surface area (Å²) in [6.07, 6.45) is -0.476. The van der Waals surface area contributed by atoms with E-state index in [4.69, 9.17) is 14.0 Å². The van der Waals surface area contributed by atoms with E-state index >= 15 is 0 Å². The average Bonchev–Trinajstić information content (AvgIpc) is 2.21. The predicted molar refractivity (Wildman–Crippen MR) is 65.8 cm³/mol. The smallest absolute Gasteiger partial charge is 0.216 e. The Balaban J connectivity index is 0.00000196. The van der Waals surface area contributed by atoms with Gasteiger partial charge in [-0.3, -0.25) is 9.24 Å². The molecule has 0 heterocycles. The van der Waals surface area contributed by atoms with Gasteiger partial charge in [-0.15, -0.1) is 12.4 Å². The molecule has 0 aromatic heterocycles. The third kappa shape index (κ3) is 4.20. The first kappa shape index (κ1) is 14.4. The zero-order chi connectivity index (χ0) is 10.4. The van der Waals surface area contributed by atoms with Crippen molar-refractivity contribution >= 4 is 34.6 Å². The summed E-state index contributed by atoms with van der Waals surface area (Å²) in [7, 11) is 0. The zero-order valence-corrected chi connectivity index (χ0v) is 10.7. The Hall–Kier alpha value is -0.580. The van der Waals surface area contributed by atoms with Crippen LogP contribution >= 0.6 is 28.7 Å². The third-order valence-corrected chi connectivity index (χ3v) is 2.10. The van der Waals surface area contributed by atoms with Crippen LogP contribution < -0.4 is 0 Å². The zero-order valence-electron chi connectivity index (χ0n) is 8.27. The summed E-state index contributed by atoms with van der Waals surface area (Å²) in [6.45, 7) is 2.31. The fraction of sp³-hybridized carbons (Fsp3) is 0.300. The van der Waals surface area contributed by atoms with E-state index in [-0.39, 0.29) is 18.3 Å². The Kier molecular flexibility index (Phi) is 7.38. The largest absolute Gasteiger partial charge is 0.479 e. The lowest BCUT2D eigenvalue weighted by atomic mass is 10.1. The quantitative estimate of drug-likeness (QED) is 0.682. The molecule has 0 saturated carbocycles. The molecular formula is C10H13BrClNO2. The lowest BCUT2D eigenvalue weighted by Crippen LogP contribution is -2.15. The molecule has 1 aromatic rings. The van der Waals surface area contributed by atoms with Crippen LogP contribution in [0.25, 0.3) is 0 Å². The Labute approximate surface area is 104 Å². The number of nitrogens with one attached hydrogen (secondary N) is 1. The van der Waals surface area contributed by atoms with Gasteiger partial charge in [-0.05, 0) is 12.5 Å². The highest BCUT2D eigenvalue weighted by atomic mass is 79.9. The van der Waals surface area contributed by atoms with Crippen LogP contribution in [0.15, 0.2) is 30.3 Å². The van der Waals surface area contributed by atoms with Gasteiger partial charge in [-0.2, -0.15) is 0 Å². The summed E-state index contributed by atoms with van der Waals surface area (Å²) >= 11 is 2.90. The van der Waals surface area contributed by atoms with Crippen molar-refractivity contribution in [3.05, 3.63) is 35.9 Å². The summed E-state index contributed by atoms with van der Waals surface area (Å²) in [5, 5.41) is 7.61. The van der Waals surface area contributed by atoms with E-state index in [9.17, 15) is 0 Å². The van der Waals surface area contributed by atoms with Crippen LogP contribution in [-0.2, 0) is 8.57 Å². The van der Waals surface area contributed by atoms with E-state index in [1.165, 1.54) is 0 Å². The molecule has 0 aliphatic heterocycles. The van der Waals surface area contributed by atoms with Gasteiger partial charge in [0.15, 0.2) is 6.10 Å². The van der Waals surface area contributed by atoms with Crippen molar-refractivity contribution in [3.63, 3.8) is 0 Å². The van der Waals surface area contributed by atoms with E-state index in [2.05, 4.69) is 16.3 Å². The fourth-order valence-electron chi connectivity index (χ4n) is 1.10. The van der Waals surface area contributed by atoms with Crippen molar-refractivity contribution < 1.29 is 8.57 Å². The molecule has 0 saturated heterocycles. The monoisotopic (exact) mass is 293 g/mol. The van der Waals surface area contributed by atoms with Crippen LogP contribution in [0.4, 0.5) is 0 Å². The molecule has 1 N–H and O–H groups in total. The summed E-state index contributed by atoms with van der Waals surface area (Å²) in [5.74, 6) is 0.107. The summed E-state index contributed by atoms with van der Waals surface area (Å²) in [6, 6.07) is 9.49. The van der Waals surface area contributed by atoms with Gasteiger partial charge >= 0.3 is 0 Å². The second-order valence-corrected chi connectivity index (χ2v) is 3.05. The van der Waals surface area contributed by atoms with Gasteiger partial charge in [0.2, 0.25) is 5.90 Å². The summed E-state index contributed by atoms with van der Waals surface area (Å²) in [4.78, 5) is 0. The van der Waals surface area contributed by atoms with Crippen LogP contribution in [0.2, 0.25) is 0 Å². The highest BCUT2D eigenvalue weighted by molar-refractivity contribution is 9.06. The molecule has 0 fully saturated rings. The van der Waals surface area contributed by atoms with Gasteiger partial charge in [0.05, 0.1) is 22.9 Å². The normalized spacial score (nSPS) is 11.3. The van der Waals surface area contributed by atoms with Crippen molar-refractivity contribution in [2.24, 2.45) is 0 Å². The minimum atomic E-state index is -0.476. The second kappa shape index (κ2) is 7.68. The maximum atomic E-state index is 7.61. The van der Waals surface area contributed by atoms with Gasteiger partial charge < -0.3 is 4.74 Å². The SMILES string of the molecule is CCOC(=N)C(OBr)c1ccccc1.Cl. The predicted octanol–water partition coefficient (Wildman–Crippen LogP) is 3.49. The highest BCUT2D eigenvalue weighted by Gasteiger charge is 2.17. The van der Waals surface area contributed by atoms with E-state index in [0.29, 0.717) is 6.61 Å². The maximum absolute atomic E-state index is 7.61. The van der Waals surface area contributed by atoms with Gasteiger partial charge in [0, 0.05) is 0 Å². The molecule has 0 aliphatic carbocycles. The Morgan fingerprint density at radius 3 is 2.47 bits per heavy atom. The standard InChI is InChI=1S/C10H12BrNO2.ClH/c1-2-13-10(12)9(14-11)8-6-4-3-5-7-8;/h3-7,9,12H,2H2,1H3;1H. The van der Waals surface area contributed by atoms with E-state index in [1.807, 2.05) is 37.3 Å². The molecule has 0 bridgehead atoms. The van der Waals surface area contributed by atoms with Crippen LogP contribution in [0.3, 0.4) is 0 Å². The van der Waals surface area contributed by atoms with Gasteiger partial charge in [-0.1, -0.05) is 30.3 Å². The molecule has 0 amide bonds. The maximum Gasteiger partial charge on any atom is 0.216 e. The molecule has 84 valence electrons. The number of benzene rings is 1. The molecule has 0 radical (unpaired) electrons. The van der Waals surface area contributed by atoms with Crippen LogP contribution in [0.1, 0.15) is 18.6 Å². The van der Waals surface area contributed by atoms with Crippen molar-refractivity contribution in [2.45, 2.75) is 13.0 Å². The molecule has 15 heavy (non-hydrogen) atoms. The molecule has 0 spiro atoms. The van der Waals surface area contributed by atoms with Crippen molar-refractivity contribution in [2.75, 3.05) is 6.61 Å². The van der Waals surface area contributed by atoms with E-state index in [0.717, 1.165) is 5.56 Å². The lowest BCUT2D eigenvalue weighted by molar-refractivity contribution is 0.243. The molecule has 1 aromatic carbocycles. The molecule has 1 rings (SSSR count). The van der Waals surface area contributed by atoms with E-state index < -0.39 is 6.10 Å². The average molecular weight is 295 g/mol. The van der Waals surface area contributed by atoms with Crippen LogP contribution in [0.5, 0.6) is 0 Å². The molecule has 5 heteroatoms. The Morgan fingerprint density at radius 2 is 2.00 bits per heavy atom. The number of halogens is 2. The topological polar surface area (TPSA) is 42.3 Å². The van der Waals surface area contributed by atoms with Gasteiger partial charge in [0.1, 0.15) is 0 Å². The third-order valence-electron chi connectivity index (χ3n) is 1.73. The first-order valence-electron chi connectivity index (χ1n) is 4.33. The minimum Gasteiger partial charge on any atom is -0.479 e. The van der Waals surface area contributed by atoms with Crippen molar-refractivity contribution in [1.29, 1.82) is 5.41 Å². The van der Waals surface area contributed by atoms with Crippen molar-refractivity contribution in [3.8, 4) is 0 Å². The second-order valence-electron chi connectivity index (χ2n) is 2.68. The van der Waals surface area contributed by atoms with Gasteiger partial charge in [-0.25, -0.2) is 0 Å². The first-order valence-corrected chi connectivity index (χ1v) is 4.98. The number of rotatable bonds is 4. The summed E-state index contributed by atoms with van der Waals surface area (Å²) in [5.41, 5.74) is 0.892. The molecular weight excluding hydrogens is 281 g/mol. The van der Waals surface area contributed by atoms with Gasteiger partial charge in [0.25, 0.3) is 0 Å². The first-order chi connectivity index (χ1) is 6.79. The highest BCUT2D eigenvalue weighted by Crippen LogP contribution is 2.21. The number of hydrogen-bond donors (Lipinski definition) is 1. The van der Waals surface area contributed by atoms with E-state index in [1.54, 1.807) is 0 Å². The molecule has 1 unspecified atom stereocenters. The number of ether oxygens (including phenoxy) is 1. The Bertz CT molecular complexity index is 295. The molecule has 1 atom stereocenters. The lowest BCUT2D eigenvalue weighted by Gasteiger charge is -2.14. The fourth-order valence-corrected chi connectivity index (χ4v) is 1.49. The minimum absolute atomic E-state index is 0. The number of hydrogen-bond acceptors (Lipinski definition) is 3.